The molecule has 0 fully saturated rings. The van der Waals surface area contributed by atoms with Crippen LogP contribution >= 0.6 is 0 Å². The maximum atomic E-state index is 10.8. The first-order valence-corrected chi connectivity index (χ1v) is 28.6. The van der Waals surface area contributed by atoms with Crippen molar-refractivity contribution in [2.75, 3.05) is 0 Å². The summed E-state index contributed by atoms with van der Waals surface area (Å²) < 4.78 is 9.40. The Morgan fingerprint density at radius 1 is 0.279 bits per heavy atom. The van der Waals surface area contributed by atoms with Gasteiger partial charge in [-0.1, -0.05) is 176 Å². The largest absolute Gasteiger partial charge is 0.309 e. The van der Waals surface area contributed by atoms with Gasteiger partial charge in [0.15, 0.2) is 17.5 Å². The topological polar surface area (TPSA) is 106 Å². The summed E-state index contributed by atoms with van der Waals surface area (Å²) in [5, 5.41) is 30.4. The monoisotopic (exact) mass is 1100 g/mol. The second-order valence-corrected chi connectivity index (χ2v) is 21.7. The molecule has 0 aliphatic heterocycles. The molecule has 0 radical (unpaired) electrons. The molecule has 0 spiro atoms. The van der Waals surface area contributed by atoms with Gasteiger partial charge in [-0.15, -0.1) is 0 Å². The first-order chi connectivity index (χ1) is 42.6. The van der Waals surface area contributed by atoms with Gasteiger partial charge in [-0.05, 0) is 108 Å². The van der Waals surface area contributed by atoms with Gasteiger partial charge in [0.2, 0.25) is 0 Å². The van der Waals surface area contributed by atoms with E-state index in [1.165, 1.54) is 5.39 Å². The molecule has 0 bridgehead atoms. The molecule has 5 aromatic heterocycles. The lowest BCUT2D eigenvalue weighted by molar-refractivity contribution is 1.06. The number of para-hydroxylation sites is 6. The van der Waals surface area contributed by atoms with Crippen LogP contribution in [0.15, 0.2) is 273 Å². The number of benzene rings is 12. The molecule has 398 valence electrons. The van der Waals surface area contributed by atoms with Crippen LogP contribution < -0.4 is 0 Å². The van der Waals surface area contributed by atoms with E-state index < -0.39 is 0 Å². The molecule has 9 heteroatoms. The predicted molar refractivity (Wildman–Crippen MR) is 348 cm³/mol. The summed E-state index contributed by atoms with van der Waals surface area (Å²) in [4.78, 5) is 16.6. The van der Waals surface area contributed by atoms with Crippen LogP contribution in [-0.4, -0.2) is 33.2 Å². The first-order valence-electron chi connectivity index (χ1n) is 28.6. The summed E-state index contributed by atoms with van der Waals surface area (Å²) in [5.74, 6) is 1.32. The highest BCUT2D eigenvalue weighted by molar-refractivity contribution is 6.28. The molecule has 17 rings (SSSR count). The highest BCUT2D eigenvalue weighted by Gasteiger charge is 2.27. The van der Waals surface area contributed by atoms with E-state index in [4.69, 9.17) is 15.0 Å². The van der Waals surface area contributed by atoms with Gasteiger partial charge in [-0.2, -0.15) is 10.5 Å². The van der Waals surface area contributed by atoms with Crippen molar-refractivity contribution in [1.29, 1.82) is 10.5 Å². The molecule has 0 aliphatic carbocycles. The normalized spacial score (nSPS) is 11.7. The fraction of sp³-hybridized carbons (Fsp3) is 0. The zero-order chi connectivity index (χ0) is 57.0. The van der Waals surface area contributed by atoms with Crippen LogP contribution in [0.4, 0.5) is 0 Å². The van der Waals surface area contributed by atoms with E-state index in [-0.39, 0.29) is 0 Å². The lowest BCUT2D eigenvalue weighted by Gasteiger charge is -2.18. The average Bonchev–Trinajstić information content (AvgIpc) is 1.64. The molecule has 0 aliphatic rings. The van der Waals surface area contributed by atoms with E-state index in [0.717, 1.165) is 127 Å². The second-order valence-electron chi connectivity index (χ2n) is 21.7. The molecular formula is C77H45N9. The zero-order valence-corrected chi connectivity index (χ0v) is 46.0. The predicted octanol–water partition coefficient (Wildman–Crippen LogP) is 18.7. The van der Waals surface area contributed by atoms with Crippen molar-refractivity contribution in [3.05, 3.63) is 284 Å². The minimum atomic E-state index is 0.420. The fourth-order valence-corrected chi connectivity index (χ4v) is 13.4. The summed E-state index contributed by atoms with van der Waals surface area (Å²) in [7, 11) is 0. The van der Waals surface area contributed by atoms with E-state index in [1.807, 2.05) is 72.8 Å². The summed E-state index contributed by atoms with van der Waals surface area (Å²) >= 11 is 0. The highest BCUT2D eigenvalue weighted by atomic mass is 15.1. The number of fused-ring (bicyclic) bond motifs is 14. The number of aromatic nitrogens is 7. The Balaban J connectivity index is 0.967. The quantitative estimate of drug-likeness (QED) is 0.151. The summed E-state index contributed by atoms with van der Waals surface area (Å²) in [6.45, 7) is 0. The smallest absolute Gasteiger partial charge is 0.166 e. The molecule has 5 heterocycles. The number of nitrogens with zero attached hydrogens (tertiary/aromatic N) is 9. The van der Waals surface area contributed by atoms with Crippen molar-refractivity contribution < 1.29 is 0 Å². The third kappa shape index (κ3) is 7.26. The molecule has 0 saturated carbocycles. The van der Waals surface area contributed by atoms with Gasteiger partial charge in [0.05, 0.1) is 78.8 Å². The van der Waals surface area contributed by atoms with Gasteiger partial charge in [0.1, 0.15) is 0 Å². The highest BCUT2D eigenvalue weighted by Crippen LogP contribution is 2.46. The standard InChI is InChI=1S/C77H45N9/c78-46-48-36-38-61(70(44-48)86-66-35-19-15-31-60(66)72-69(86)43-40-58-56-29-13-17-33-64(56)84(74(58)72)53-25-8-3-9-26-53)76-80-75(49-20-4-1-5-21-49)81-77(82-76)62-45-50(54-27-11-10-22-51(54)47-79)37-41-67(62)85-65-34-18-14-30-59(65)71-68(85)42-39-57-55-28-12-16-32-63(55)83(73(57)71)52-23-6-2-7-24-52/h1-45H. The molecule has 86 heavy (non-hydrogen) atoms. The Hall–Kier alpha value is -12.2. The average molecular weight is 1100 g/mol. The molecule has 0 atom stereocenters. The number of nitriles is 2. The van der Waals surface area contributed by atoms with Gasteiger partial charge in [0.25, 0.3) is 0 Å². The third-order valence-electron chi connectivity index (χ3n) is 17.1. The Kier molecular flexibility index (Phi) is 10.8. The van der Waals surface area contributed by atoms with E-state index in [9.17, 15) is 10.5 Å². The van der Waals surface area contributed by atoms with E-state index in [1.54, 1.807) is 0 Å². The van der Waals surface area contributed by atoms with Crippen molar-refractivity contribution in [2.45, 2.75) is 0 Å². The van der Waals surface area contributed by atoms with Crippen molar-refractivity contribution in [2.24, 2.45) is 0 Å². The van der Waals surface area contributed by atoms with Crippen LogP contribution in [0, 0.1) is 22.7 Å². The lowest BCUT2D eigenvalue weighted by Crippen LogP contribution is -2.06. The molecule has 0 N–H and O–H groups in total. The minimum Gasteiger partial charge on any atom is -0.309 e. The number of hydrogen-bond donors (Lipinski definition) is 0. The van der Waals surface area contributed by atoms with Gasteiger partial charge in [-0.3, -0.25) is 0 Å². The van der Waals surface area contributed by atoms with Crippen molar-refractivity contribution in [1.82, 2.24) is 33.2 Å². The second kappa shape index (κ2) is 19.2. The van der Waals surface area contributed by atoms with Gasteiger partial charge in [-0.25, -0.2) is 15.0 Å². The maximum absolute atomic E-state index is 10.8. The summed E-state index contributed by atoms with van der Waals surface area (Å²) in [5.41, 5.74) is 17.0. The maximum Gasteiger partial charge on any atom is 0.166 e. The molecule has 17 aromatic rings. The molecule has 0 amide bonds. The van der Waals surface area contributed by atoms with Crippen molar-refractivity contribution in [3.8, 4) is 80.2 Å². The van der Waals surface area contributed by atoms with Crippen LogP contribution in [0.2, 0.25) is 0 Å². The SMILES string of the molecule is N#Cc1ccc(-c2nc(-c3ccccc3)nc(-c3cc(-c4ccccc4C#N)ccc3-n3c4ccccc4c4c3ccc3c5ccccc5n(-c5ccccc5)c34)n2)c(-n2c3ccccc3c3c2ccc2c4ccccc4n(-c4ccccc4)c23)c1. The molecule has 9 nitrogen and oxygen atoms in total. The third-order valence-corrected chi connectivity index (χ3v) is 17.1. The Labute approximate surface area is 492 Å². The Morgan fingerprint density at radius 2 is 0.744 bits per heavy atom. The Bertz CT molecular complexity index is 5740. The summed E-state index contributed by atoms with van der Waals surface area (Å²) in [6.07, 6.45) is 0. The minimum absolute atomic E-state index is 0.420. The van der Waals surface area contributed by atoms with Crippen LogP contribution in [0.3, 0.4) is 0 Å². The molecular weight excluding hydrogens is 1050 g/mol. The number of rotatable bonds is 8. The van der Waals surface area contributed by atoms with Gasteiger partial charge >= 0.3 is 0 Å². The van der Waals surface area contributed by atoms with Gasteiger partial charge < -0.3 is 18.3 Å². The zero-order valence-electron chi connectivity index (χ0n) is 46.0. The molecule has 0 unspecified atom stereocenters. The lowest BCUT2D eigenvalue weighted by atomic mass is 9.97. The van der Waals surface area contributed by atoms with Gasteiger partial charge in [0, 0.05) is 71.2 Å². The number of hydrogen-bond acceptors (Lipinski definition) is 5. The first kappa shape index (κ1) is 48.5. The van der Waals surface area contributed by atoms with E-state index in [2.05, 4.69) is 231 Å². The summed E-state index contributed by atoms with van der Waals surface area (Å²) in [6, 6.07) is 99.4. The van der Waals surface area contributed by atoms with Crippen LogP contribution in [0.5, 0.6) is 0 Å². The molecule has 12 aromatic carbocycles. The van der Waals surface area contributed by atoms with Crippen molar-refractivity contribution in [3.63, 3.8) is 0 Å². The molecule has 0 saturated heterocycles. The van der Waals surface area contributed by atoms with Crippen molar-refractivity contribution >= 4 is 87.2 Å². The van der Waals surface area contributed by atoms with E-state index >= 15 is 0 Å². The Morgan fingerprint density at radius 3 is 1.30 bits per heavy atom. The van der Waals surface area contributed by atoms with Crippen LogP contribution in [0.1, 0.15) is 11.1 Å². The van der Waals surface area contributed by atoms with Crippen LogP contribution in [0.25, 0.3) is 155 Å². The fourth-order valence-electron chi connectivity index (χ4n) is 13.4. The van der Waals surface area contributed by atoms with E-state index in [0.29, 0.717) is 34.2 Å². The van der Waals surface area contributed by atoms with Crippen LogP contribution in [-0.2, 0) is 0 Å².